The van der Waals surface area contributed by atoms with Crippen LogP contribution in [-0.2, 0) is 23.3 Å². The maximum Gasteiger partial charge on any atom is 0.426 e. The third kappa shape index (κ3) is 10.7. The summed E-state index contributed by atoms with van der Waals surface area (Å²) >= 11 is -0.553. The van der Waals surface area contributed by atoms with Crippen LogP contribution in [0.3, 0.4) is 0 Å². The van der Waals surface area contributed by atoms with E-state index >= 15 is 0 Å². The summed E-state index contributed by atoms with van der Waals surface area (Å²) in [5, 5.41) is 18.2. The van der Waals surface area contributed by atoms with E-state index in [1.807, 2.05) is 0 Å². The van der Waals surface area contributed by atoms with Gasteiger partial charge >= 0.3 is 180 Å². The third-order valence-electron chi connectivity index (χ3n) is 9.16. The van der Waals surface area contributed by atoms with Crippen molar-refractivity contribution < 1.29 is 80.8 Å². The van der Waals surface area contributed by atoms with E-state index in [0.717, 1.165) is 0 Å². The normalized spacial score (nSPS) is 18.1. The smallest absolute Gasteiger partial charge is 0.374 e. The van der Waals surface area contributed by atoms with Crippen LogP contribution in [0.5, 0.6) is 0 Å². The molecule has 2 N–H and O–H groups in total. The van der Waals surface area contributed by atoms with E-state index in [1.165, 1.54) is 22.4 Å². The SMILES string of the molecule is CC(C)c1cccc(C(C)C)c1[N]=[Mo]=[CH]C(C)(C)c1ccccc1.OC(CC1CCC[C@@H]1CC(O)(C(F)(F)F)C(F)(F)F)(C(F)(F)F)C(F)(F)F. The van der Waals surface area contributed by atoms with Crippen LogP contribution < -0.4 is 0 Å². The van der Waals surface area contributed by atoms with Gasteiger partial charge in [0.05, 0.1) is 0 Å². The van der Waals surface area contributed by atoms with Crippen LogP contribution >= 0.6 is 0 Å². The van der Waals surface area contributed by atoms with Gasteiger partial charge in [-0.3, -0.25) is 0 Å². The molecule has 0 aliphatic heterocycles. The number of aliphatic hydroxyl groups is 2. The van der Waals surface area contributed by atoms with Gasteiger partial charge in [-0.15, -0.1) is 0 Å². The van der Waals surface area contributed by atoms with Crippen molar-refractivity contribution >= 4 is 10.1 Å². The molecule has 51 heavy (non-hydrogen) atoms. The molecule has 2 aromatic rings. The van der Waals surface area contributed by atoms with Crippen LogP contribution in [0, 0.1) is 11.8 Å². The second kappa shape index (κ2) is 16.5. The molecule has 1 aliphatic rings. The van der Waals surface area contributed by atoms with E-state index < -0.39 is 91.3 Å². The van der Waals surface area contributed by atoms with Crippen molar-refractivity contribution in [2.24, 2.45) is 15.3 Å². The Kier molecular flexibility index (Phi) is 14.6. The first-order valence-corrected chi connectivity index (χ1v) is 18.2. The number of hydrogen-bond acceptors (Lipinski definition) is 3. The molecular formula is C35H43F12MoNO2. The van der Waals surface area contributed by atoms with Crippen molar-refractivity contribution in [1.82, 2.24) is 0 Å². The summed E-state index contributed by atoms with van der Waals surface area (Å²) in [4.78, 5) is 0. The zero-order valence-electron chi connectivity index (χ0n) is 28.8. The molecule has 1 fully saturated rings. The van der Waals surface area contributed by atoms with Crippen molar-refractivity contribution in [3.05, 3.63) is 65.2 Å². The molecule has 0 heterocycles. The van der Waals surface area contributed by atoms with Crippen molar-refractivity contribution in [1.29, 1.82) is 0 Å². The van der Waals surface area contributed by atoms with Crippen molar-refractivity contribution in [3.63, 3.8) is 0 Å². The van der Waals surface area contributed by atoms with Gasteiger partial charge in [-0.2, -0.15) is 52.7 Å². The van der Waals surface area contributed by atoms with Crippen LogP contribution in [0.4, 0.5) is 58.4 Å². The van der Waals surface area contributed by atoms with Gasteiger partial charge in [0.15, 0.2) is 0 Å². The zero-order chi connectivity index (χ0) is 39.4. The molecule has 0 saturated heterocycles. The first-order valence-electron chi connectivity index (χ1n) is 16.1. The first kappa shape index (κ1) is 45.0. The molecule has 2 atom stereocenters. The average molecular weight is 834 g/mol. The molecule has 0 aromatic heterocycles. The number of rotatable bonds is 9. The molecule has 16 heteroatoms. The first-order chi connectivity index (χ1) is 23.0. The molecule has 0 bridgehead atoms. The standard InChI is InChI=1S/C13H14F12O2.C12H17N.C10H12.Mo/c14-10(15,16)8(26,11(17,18)19)4-6-2-1-3-7(6)5-9(27,12(20,21)22)13(23,24)25;1-8(2)10-6-5-7-11(9(3)4)12(10)13;1-10(2,3)9-7-5-4-6-8-9;/h6-7,26-27H,1-5H2;5-9H,1-4H3;1,4-8H,2-3H3;/t6-,7?;;;/m1.../s1. The van der Waals surface area contributed by atoms with Gasteiger partial charge in [0.1, 0.15) is 0 Å². The summed E-state index contributed by atoms with van der Waals surface area (Å²) in [5.74, 6) is -2.90. The molecule has 0 radical (unpaired) electrons. The Bertz CT molecular complexity index is 1390. The second-order valence-electron chi connectivity index (χ2n) is 14.1. The average Bonchev–Trinajstić information content (AvgIpc) is 3.41. The molecule has 1 unspecified atom stereocenters. The molecule has 0 amide bonds. The van der Waals surface area contributed by atoms with Crippen LogP contribution in [0.25, 0.3) is 0 Å². The Morgan fingerprint density at radius 2 is 1.02 bits per heavy atom. The summed E-state index contributed by atoms with van der Waals surface area (Å²) in [6.07, 6.45) is -30.7. The van der Waals surface area contributed by atoms with Gasteiger partial charge < -0.3 is 10.2 Å². The molecule has 2 aromatic carbocycles. The fraction of sp³-hybridized carbons (Fsp3) is 0.629. The van der Waals surface area contributed by atoms with Gasteiger partial charge in [-0.1, -0.05) is 19.3 Å². The maximum absolute atomic E-state index is 12.7. The van der Waals surface area contributed by atoms with E-state index in [4.69, 9.17) is 13.7 Å². The number of halogens is 12. The van der Waals surface area contributed by atoms with E-state index in [9.17, 15) is 52.7 Å². The van der Waals surface area contributed by atoms with Crippen molar-refractivity contribution in [2.75, 3.05) is 0 Å². The number of alkyl halides is 12. The van der Waals surface area contributed by atoms with E-state index in [0.29, 0.717) is 11.8 Å². The van der Waals surface area contributed by atoms with Crippen LogP contribution in [0.15, 0.2) is 52.0 Å². The predicted molar refractivity (Wildman–Crippen MR) is 166 cm³/mol. The second-order valence-corrected chi connectivity index (χ2v) is 15.6. The Hall–Kier alpha value is -2.12. The summed E-state index contributed by atoms with van der Waals surface area (Å²) < 4.78 is 160. The minimum absolute atomic E-state index is 0.0811. The molecule has 1 saturated carbocycles. The maximum atomic E-state index is 12.7. The minimum atomic E-state index is -6.25. The van der Waals surface area contributed by atoms with Crippen molar-refractivity contribution in [3.8, 4) is 0 Å². The number of hydrogen-bond donors (Lipinski definition) is 2. The zero-order valence-corrected chi connectivity index (χ0v) is 30.8. The minimum Gasteiger partial charge on any atom is -0.374 e. The van der Waals surface area contributed by atoms with Crippen molar-refractivity contribution in [2.45, 2.75) is 127 Å². The van der Waals surface area contributed by atoms with E-state index in [-0.39, 0.29) is 11.8 Å². The summed E-state index contributed by atoms with van der Waals surface area (Å²) in [6.45, 7) is 13.6. The molecule has 1 aliphatic carbocycles. The summed E-state index contributed by atoms with van der Waals surface area (Å²) in [5.41, 5.74) is -5.10. The Labute approximate surface area is 297 Å². The van der Waals surface area contributed by atoms with Gasteiger partial charge in [0.25, 0.3) is 11.2 Å². The molecule has 3 nitrogen and oxygen atoms in total. The van der Waals surface area contributed by atoms with Crippen LogP contribution in [0.2, 0.25) is 0 Å². The van der Waals surface area contributed by atoms with E-state index in [1.54, 1.807) is 0 Å². The molecule has 3 rings (SSSR count). The van der Waals surface area contributed by atoms with Gasteiger partial charge in [-0.05, 0) is 24.7 Å². The molecular weight excluding hydrogens is 790 g/mol. The fourth-order valence-electron chi connectivity index (χ4n) is 5.96. The Balaban J connectivity index is 0.000000355. The summed E-state index contributed by atoms with van der Waals surface area (Å²) in [6, 6.07) is 17.4. The topological polar surface area (TPSA) is 52.8 Å². The molecule has 290 valence electrons. The summed E-state index contributed by atoms with van der Waals surface area (Å²) in [7, 11) is 0. The van der Waals surface area contributed by atoms with Gasteiger partial charge in [0.2, 0.25) is 0 Å². The third-order valence-corrected chi connectivity index (χ3v) is 11.6. The van der Waals surface area contributed by atoms with Crippen LogP contribution in [-0.4, -0.2) is 50.5 Å². The number of benzene rings is 2. The van der Waals surface area contributed by atoms with Crippen LogP contribution in [0.1, 0.15) is 102 Å². The van der Waals surface area contributed by atoms with Gasteiger partial charge in [0, 0.05) is 0 Å². The predicted octanol–water partition coefficient (Wildman–Crippen LogP) is 11.5. The fourth-order valence-corrected chi connectivity index (χ4v) is 7.85. The van der Waals surface area contributed by atoms with E-state index in [2.05, 4.69) is 94.5 Å². The quantitative estimate of drug-likeness (QED) is 0.195. The Morgan fingerprint density at radius 1 is 0.647 bits per heavy atom. The monoisotopic (exact) mass is 835 g/mol. The number of nitrogens with zero attached hydrogens (tertiary/aromatic N) is 1. The largest absolute Gasteiger partial charge is 0.426 e. The van der Waals surface area contributed by atoms with Gasteiger partial charge in [-0.25, -0.2) is 0 Å². The molecule has 0 spiro atoms. The Morgan fingerprint density at radius 3 is 1.35 bits per heavy atom.